The summed E-state index contributed by atoms with van der Waals surface area (Å²) in [7, 11) is 1.83. The number of aryl methyl sites for hydroxylation is 1. The molecule has 0 saturated heterocycles. The molecule has 2 rings (SSSR count). The Balaban J connectivity index is 2.22. The number of nitrogen functional groups attached to an aromatic ring is 1. The van der Waals surface area contributed by atoms with Crippen molar-refractivity contribution in [2.24, 2.45) is 7.05 Å². The van der Waals surface area contributed by atoms with Gasteiger partial charge in [-0.1, -0.05) is 12.1 Å². The highest BCUT2D eigenvalue weighted by molar-refractivity contribution is 5.27. The molecule has 0 saturated carbocycles. The maximum Gasteiger partial charge on any atom is 0.200 e. The first-order valence-electron chi connectivity index (χ1n) is 4.67. The van der Waals surface area contributed by atoms with Gasteiger partial charge in [0.05, 0.1) is 5.69 Å². The van der Waals surface area contributed by atoms with Gasteiger partial charge in [-0.25, -0.2) is 9.37 Å². The van der Waals surface area contributed by atoms with Gasteiger partial charge in [-0.15, -0.1) is 0 Å². The fourth-order valence-electron chi connectivity index (χ4n) is 1.49. The summed E-state index contributed by atoms with van der Waals surface area (Å²) >= 11 is 0. The van der Waals surface area contributed by atoms with Crippen LogP contribution in [0.1, 0.15) is 11.3 Å². The van der Waals surface area contributed by atoms with Crippen LogP contribution >= 0.6 is 0 Å². The SMILES string of the molecule is Cn1cc(Cc2cccc(F)c2)nc1N. The lowest BCUT2D eigenvalue weighted by atomic mass is 10.1. The molecular weight excluding hydrogens is 193 g/mol. The van der Waals surface area contributed by atoms with Crippen molar-refractivity contribution < 1.29 is 4.39 Å². The third-order valence-corrected chi connectivity index (χ3v) is 2.24. The number of halogens is 1. The average Bonchev–Trinajstić information content (AvgIpc) is 2.45. The van der Waals surface area contributed by atoms with Crippen LogP contribution in [0.15, 0.2) is 30.5 Å². The highest BCUT2D eigenvalue weighted by atomic mass is 19.1. The van der Waals surface area contributed by atoms with Gasteiger partial charge in [0.25, 0.3) is 0 Å². The van der Waals surface area contributed by atoms with E-state index >= 15 is 0 Å². The van der Waals surface area contributed by atoms with Gasteiger partial charge in [-0.05, 0) is 17.7 Å². The zero-order valence-electron chi connectivity index (χ0n) is 8.44. The molecular formula is C11H12FN3. The van der Waals surface area contributed by atoms with Crippen LogP contribution in [0, 0.1) is 5.82 Å². The lowest BCUT2D eigenvalue weighted by Crippen LogP contribution is -1.94. The summed E-state index contributed by atoms with van der Waals surface area (Å²) in [5.41, 5.74) is 7.35. The molecule has 1 aromatic heterocycles. The van der Waals surface area contributed by atoms with Gasteiger partial charge in [0.15, 0.2) is 5.95 Å². The molecule has 0 amide bonds. The second-order valence-corrected chi connectivity index (χ2v) is 3.51. The lowest BCUT2D eigenvalue weighted by Gasteiger charge is -1.97. The quantitative estimate of drug-likeness (QED) is 0.811. The van der Waals surface area contributed by atoms with Crippen LogP contribution < -0.4 is 5.73 Å². The summed E-state index contributed by atoms with van der Waals surface area (Å²) in [4.78, 5) is 4.15. The van der Waals surface area contributed by atoms with E-state index in [1.165, 1.54) is 12.1 Å². The number of hydrogen-bond acceptors (Lipinski definition) is 2. The summed E-state index contributed by atoms with van der Waals surface area (Å²) in [6, 6.07) is 6.49. The maximum absolute atomic E-state index is 12.9. The van der Waals surface area contributed by atoms with Gasteiger partial charge in [0, 0.05) is 19.7 Å². The second kappa shape index (κ2) is 3.73. The van der Waals surface area contributed by atoms with Crippen LogP contribution in [0.25, 0.3) is 0 Å². The highest BCUT2D eigenvalue weighted by Crippen LogP contribution is 2.11. The van der Waals surface area contributed by atoms with Crippen molar-refractivity contribution in [1.82, 2.24) is 9.55 Å². The van der Waals surface area contributed by atoms with Gasteiger partial charge >= 0.3 is 0 Å². The van der Waals surface area contributed by atoms with E-state index in [1.807, 2.05) is 19.3 Å². The van der Waals surface area contributed by atoms with Crippen molar-refractivity contribution in [3.8, 4) is 0 Å². The minimum Gasteiger partial charge on any atom is -0.369 e. The number of anilines is 1. The number of imidazole rings is 1. The molecule has 0 bridgehead atoms. The Bertz CT molecular complexity index is 457. The van der Waals surface area contributed by atoms with Gasteiger partial charge in [0.1, 0.15) is 5.82 Å². The fraction of sp³-hybridized carbons (Fsp3) is 0.182. The van der Waals surface area contributed by atoms with E-state index in [-0.39, 0.29) is 5.82 Å². The van der Waals surface area contributed by atoms with Gasteiger partial charge in [0.2, 0.25) is 0 Å². The van der Waals surface area contributed by atoms with E-state index in [9.17, 15) is 4.39 Å². The van der Waals surface area contributed by atoms with E-state index in [4.69, 9.17) is 5.73 Å². The molecule has 1 aromatic carbocycles. The third-order valence-electron chi connectivity index (χ3n) is 2.24. The van der Waals surface area contributed by atoms with Crippen LogP contribution in [0.5, 0.6) is 0 Å². The molecule has 0 spiro atoms. The predicted octanol–water partition coefficient (Wildman–Crippen LogP) is 1.73. The molecule has 0 aliphatic rings. The highest BCUT2D eigenvalue weighted by Gasteiger charge is 2.03. The van der Waals surface area contributed by atoms with Crippen molar-refractivity contribution in [1.29, 1.82) is 0 Å². The van der Waals surface area contributed by atoms with Gasteiger partial charge in [-0.2, -0.15) is 0 Å². The van der Waals surface area contributed by atoms with E-state index < -0.39 is 0 Å². The van der Waals surface area contributed by atoms with Crippen LogP contribution in [-0.4, -0.2) is 9.55 Å². The van der Waals surface area contributed by atoms with Gasteiger partial charge in [-0.3, -0.25) is 0 Å². The van der Waals surface area contributed by atoms with Crippen molar-refractivity contribution in [2.45, 2.75) is 6.42 Å². The van der Waals surface area contributed by atoms with E-state index in [0.717, 1.165) is 11.3 Å². The first-order chi connectivity index (χ1) is 7.15. The minimum absolute atomic E-state index is 0.226. The Morgan fingerprint density at radius 3 is 2.87 bits per heavy atom. The molecule has 0 atom stereocenters. The maximum atomic E-state index is 12.9. The standard InChI is InChI=1S/C11H12FN3/c1-15-7-10(14-11(15)13)6-8-3-2-4-9(12)5-8/h2-5,7H,6H2,1H3,(H2,13,14). The third kappa shape index (κ3) is 2.15. The molecule has 2 aromatic rings. The number of rotatable bonds is 2. The zero-order chi connectivity index (χ0) is 10.8. The van der Waals surface area contributed by atoms with Crippen LogP contribution in [-0.2, 0) is 13.5 Å². The van der Waals surface area contributed by atoms with Gasteiger partial charge < -0.3 is 10.3 Å². The van der Waals surface area contributed by atoms with E-state index in [1.54, 1.807) is 10.6 Å². The molecule has 3 nitrogen and oxygen atoms in total. The molecule has 0 aliphatic heterocycles. The predicted molar refractivity (Wildman–Crippen MR) is 56.8 cm³/mol. The van der Waals surface area contributed by atoms with Crippen molar-refractivity contribution >= 4 is 5.95 Å². The molecule has 2 N–H and O–H groups in total. The molecule has 0 aliphatic carbocycles. The normalized spacial score (nSPS) is 10.5. The summed E-state index contributed by atoms with van der Waals surface area (Å²) in [5.74, 6) is 0.248. The number of hydrogen-bond donors (Lipinski definition) is 1. The molecule has 0 fully saturated rings. The minimum atomic E-state index is -0.226. The molecule has 15 heavy (non-hydrogen) atoms. The second-order valence-electron chi connectivity index (χ2n) is 3.51. The molecule has 1 heterocycles. The largest absolute Gasteiger partial charge is 0.369 e. The first-order valence-corrected chi connectivity index (χ1v) is 4.67. The molecule has 78 valence electrons. The van der Waals surface area contributed by atoms with Crippen molar-refractivity contribution in [3.63, 3.8) is 0 Å². The van der Waals surface area contributed by atoms with E-state index in [0.29, 0.717) is 12.4 Å². The lowest BCUT2D eigenvalue weighted by molar-refractivity contribution is 0.626. The fourth-order valence-corrected chi connectivity index (χ4v) is 1.49. The van der Waals surface area contributed by atoms with Crippen LogP contribution in [0.3, 0.4) is 0 Å². The molecule has 4 heteroatoms. The Hall–Kier alpha value is -1.84. The summed E-state index contributed by atoms with van der Waals surface area (Å²) in [6.07, 6.45) is 2.45. The summed E-state index contributed by atoms with van der Waals surface area (Å²) in [6.45, 7) is 0. The number of nitrogens with zero attached hydrogens (tertiary/aromatic N) is 2. The average molecular weight is 205 g/mol. The zero-order valence-corrected chi connectivity index (χ0v) is 8.44. The Kier molecular flexibility index (Phi) is 2.41. The molecule has 0 radical (unpaired) electrons. The summed E-state index contributed by atoms with van der Waals surface area (Å²) in [5, 5.41) is 0. The number of benzene rings is 1. The van der Waals surface area contributed by atoms with Crippen molar-refractivity contribution in [2.75, 3.05) is 5.73 Å². The molecule has 0 unspecified atom stereocenters. The van der Waals surface area contributed by atoms with Crippen molar-refractivity contribution in [3.05, 3.63) is 47.5 Å². The number of nitrogens with two attached hydrogens (primary N) is 1. The Morgan fingerprint density at radius 2 is 2.27 bits per heavy atom. The Morgan fingerprint density at radius 1 is 1.47 bits per heavy atom. The smallest absolute Gasteiger partial charge is 0.200 e. The van der Waals surface area contributed by atoms with E-state index in [2.05, 4.69) is 4.98 Å². The Labute approximate surface area is 87.4 Å². The van der Waals surface area contributed by atoms with Crippen LogP contribution in [0.2, 0.25) is 0 Å². The monoisotopic (exact) mass is 205 g/mol. The van der Waals surface area contributed by atoms with Crippen LogP contribution in [0.4, 0.5) is 10.3 Å². The number of aromatic nitrogens is 2. The first kappa shape index (κ1) is 9.71. The summed E-state index contributed by atoms with van der Waals surface area (Å²) < 4.78 is 14.6. The topological polar surface area (TPSA) is 43.8 Å².